The maximum absolute atomic E-state index is 12.5. The van der Waals surface area contributed by atoms with Gasteiger partial charge in [0, 0.05) is 12.8 Å². The molecule has 0 aliphatic carbocycles. The fourth-order valence-corrected chi connectivity index (χ4v) is 11.8. The number of allylic oxidation sites excluding steroid dienone is 3. The average molecular weight is 1140 g/mol. The molecule has 0 aliphatic rings. The first-order chi connectivity index (χ1) is 40.0. The Hall–Kier alpha value is -1.66. The second-order valence-corrected chi connectivity index (χ2v) is 25.6. The number of amides is 1. The summed E-state index contributed by atoms with van der Waals surface area (Å²) in [4.78, 5) is 24.6. The van der Waals surface area contributed by atoms with E-state index in [-0.39, 0.29) is 18.5 Å². The number of nitrogens with one attached hydrogen (secondary N) is 1. The number of aliphatic hydroxyl groups is 2. The molecule has 0 heterocycles. The fraction of sp³-hybridized carbons (Fsp3) is 0.920. The summed E-state index contributed by atoms with van der Waals surface area (Å²) in [6, 6.07) is -0.625. The van der Waals surface area contributed by atoms with Gasteiger partial charge >= 0.3 is 5.97 Å². The number of unbranched alkanes of at least 4 members (excludes halogenated alkanes) is 57. The van der Waals surface area contributed by atoms with E-state index < -0.39 is 12.1 Å². The molecular weight excluding hydrogens is 995 g/mol. The van der Waals surface area contributed by atoms with E-state index in [0.717, 1.165) is 44.9 Å². The Kier molecular flexibility index (Phi) is 69.4. The lowest BCUT2D eigenvalue weighted by molar-refractivity contribution is -0.143. The molecule has 0 aromatic rings. The van der Waals surface area contributed by atoms with Gasteiger partial charge in [0.25, 0.3) is 0 Å². The Bertz CT molecular complexity index is 1270. The van der Waals surface area contributed by atoms with E-state index in [2.05, 4.69) is 31.3 Å². The van der Waals surface area contributed by atoms with Gasteiger partial charge in [0.05, 0.1) is 25.4 Å². The first-order valence-electron chi connectivity index (χ1n) is 37.1. The molecule has 0 bridgehead atoms. The van der Waals surface area contributed by atoms with Gasteiger partial charge in [-0.15, -0.1) is 0 Å². The van der Waals surface area contributed by atoms with Gasteiger partial charge in [-0.25, -0.2) is 0 Å². The predicted octanol–water partition coefficient (Wildman–Crippen LogP) is 24.1. The molecule has 3 N–H and O–H groups in total. The molecule has 0 aromatic carbocycles. The third-order valence-electron chi connectivity index (χ3n) is 17.5. The van der Waals surface area contributed by atoms with Crippen molar-refractivity contribution in [3.63, 3.8) is 0 Å². The van der Waals surface area contributed by atoms with Crippen molar-refractivity contribution in [2.75, 3.05) is 13.2 Å². The molecule has 0 spiro atoms. The largest absolute Gasteiger partial charge is 0.466 e. The second kappa shape index (κ2) is 70.8. The quantitative estimate of drug-likeness (QED) is 0.0320. The van der Waals surface area contributed by atoms with E-state index in [9.17, 15) is 19.8 Å². The third-order valence-corrected chi connectivity index (χ3v) is 17.5. The summed E-state index contributed by atoms with van der Waals surface area (Å²) in [5, 5.41) is 23.3. The van der Waals surface area contributed by atoms with Crippen molar-refractivity contribution >= 4 is 11.9 Å². The highest BCUT2D eigenvalue weighted by atomic mass is 16.5. The number of ether oxygens (including phenoxy) is 1. The predicted molar refractivity (Wildman–Crippen MR) is 356 cm³/mol. The molecule has 81 heavy (non-hydrogen) atoms. The minimum Gasteiger partial charge on any atom is -0.466 e. The number of hydrogen-bond donors (Lipinski definition) is 3. The van der Waals surface area contributed by atoms with Crippen molar-refractivity contribution < 1.29 is 24.5 Å². The molecule has 0 fully saturated rings. The van der Waals surface area contributed by atoms with E-state index in [1.807, 2.05) is 6.08 Å². The van der Waals surface area contributed by atoms with E-state index >= 15 is 0 Å². The summed E-state index contributed by atoms with van der Waals surface area (Å²) < 4.78 is 5.48. The van der Waals surface area contributed by atoms with Crippen LogP contribution in [-0.4, -0.2) is 47.4 Å². The van der Waals surface area contributed by atoms with Gasteiger partial charge < -0.3 is 20.3 Å². The molecule has 0 saturated carbocycles. The van der Waals surface area contributed by atoms with Gasteiger partial charge in [0.15, 0.2) is 0 Å². The Balaban J connectivity index is 3.36. The first kappa shape index (κ1) is 79.3. The zero-order chi connectivity index (χ0) is 58.5. The highest BCUT2D eigenvalue weighted by Crippen LogP contribution is 2.19. The molecular formula is C75H145NO5. The smallest absolute Gasteiger partial charge is 0.305 e. The molecule has 0 aliphatic heterocycles. The average Bonchev–Trinajstić information content (AvgIpc) is 3.47. The monoisotopic (exact) mass is 1140 g/mol. The van der Waals surface area contributed by atoms with Gasteiger partial charge in [-0.3, -0.25) is 9.59 Å². The van der Waals surface area contributed by atoms with E-state index in [1.165, 1.54) is 347 Å². The van der Waals surface area contributed by atoms with Crippen LogP contribution in [0.2, 0.25) is 0 Å². The number of aliphatic hydroxyl groups excluding tert-OH is 2. The lowest BCUT2D eigenvalue weighted by Gasteiger charge is -2.20. The number of carbonyl (C=O) groups excluding carboxylic acids is 2. The first-order valence-corrected chi connectivity index (χ1v) is 37.1. The number of carbonyl (C=O) groups is 2. The van der Waals surface area contributed by atoms with Crippen molar-refractivity contribution in [2.45, 2.75) is 431 Å². The summed E-state index contributed by atoms with van der Waals surface area (Å²) in [6.07, 6.45) is 89.9. The molecule has 1 amide bonds. The van der Waals surface area contributed by atoms with Crippen LogP contribution in [-0.2, 0) is 14.3 Å². The number of rotatable bonds is 70. The normalized spacial score (nSPS) is 12.6. The molecule has 6 heteroatoms. The number of esters is 1. The summed E-state index contributed by atoms with van der Waals surface area (Å²) in [6.45, 7) is 4.92. The summed E-state index contributed by atoms with van der Waals surface area (Å²) in [5.74, 6) is -0.0484. The zero-order valence-electron chi connectivity index (χ0n) is 55.0. The lowest BCUT2D eigenvalue weighted by Crippen LogP contribution is -2.45. The maximum Gasteiger partial charge on any atom is 0.305 e. The Morgan fingerprint density at radius 2 is 0.580 bits per heavy atom. The Labute approximate surface area is 507 Å². The minimum absolute atomic E-state index is 0.0109. The summed E-state index contributed by atoms with van der Waals surface area (Å²) in [7, 11) is 0. The van der Waals surface area contributed by atoms with Crippen LogP contribution in [0.15, 0.2) is 24.3 Å². The van der Waals surface area contributed by atoms with Crippen LogP contribution in [0.3, 0.4) is 0 Å². The van der Waals surface area contributed by atoms with Crippen molar-refractivity contribution in [1.82, 2.24) is 5.32 Å². The Morgan fingerprint density at radius 3 is 0.901 bits per heavy atom. The second-order valence-electron chi connectivity index (χ2n) is 25.6. The van der Waals surface area contributed by atoms with E-state index in [0.29, 0.717) is 19.4 Å². The standard InChI is InChI=1S/C75H145NO5/c1-3-5-7-9-11-13-15-17-18-19-20-32-35-38-41-44-47-51-55-59-63-67-73(78)72(71-77)76-74(79)68-64-60-56-52-48-45-42-39-36-33-30-28-26-24-22-21-23-25-27-29-31-34-37-40-43-46-50-54-58-62-66-70-81-75(80)69-65-61-57-53-49-16-14-12-10-8-6-4-2/h12,14,63,67,72-73,77-78H,3-11,13,15-62,64-66,68-71H2,1-2H3,(H,76,79)/b14-12-,67-63+. The van der Waals surface area contributed by atoms with Crippen molar-refractivity contribution in [3.8, 4) is 0 Å². The molecule has 2 atom stereocenters. The van der Waals surface area contributed by atoms with Crippen LogP contribution in [0.5, 0.6) is 0 Å². The van der Waals surface area contributed by atoms with Crippen LogP contribution < -0.4 is 5.32 Å². The summed E-state index contributed by atoms with van der Waals surface area (Å²) in [5.41, 5.74) is 0. The number of hydrogen-bond acceptors (Lipinski definition) is 5. The minimum atomic E-state index is -0.842. The lowest BCUT2D eigenvalue weighted by atomic mass is 10.0. The van der Waals surface area contributed by atoms with Crippen LogP contribution in [0.4, 0.5) is 0 Å². The van der Waals surface area contributed by atoms with Crippen LogP contribution >= 0.6 is 0 Å². The molecule has 0 radical (unpaired) electrons. The molecule has 0 saturated heterocycles. The van der Waals surface area contributed by atoms with Gasteiger partial charge in [-0.1, -0.05) is 372 Å². The molecule has 0 rings (SSSR count). The van der Waals surface area contributed by atoms with Gasteiger partial charge in [0.1, 0.15) is 0 Å². The van der Waals surface area contributed by atoms with E-state index in [4.69, 9.17) is 4.74 Å². The van der Waals surface area contributed by atoms with Crippen molar-refractivity contribution in [1.29, 1.82) is 0 Å². The highest BCUT2D eigenvalue weighted by Gasteiger charge is 2.18. The summed E-state index contributed by atoms with van der Waals surface area (Å²) >= 11 is 0. The molecule has 0 aromatic heterocycles. The molecule has 480 valence electrons. The van der Waals surface area contributed by atoms with Gasteiger partial charge in [0.2, 0.25) is 5.91 Å². The SMILES string of the molecule is CCCCC/C=C\CCCCCCCC(=O)OCCCCCCCCCCCCCCCCCCCCCCCCCCCCCCCCCC(=O)NC(CO)C(O)/C=C/CCCCCCCCCCCCCCCCCCCCC. The third kappa shape index (κ3) is 67.3. The van der Waals surface area contributed by atoms with Crippen LogP contribution in [0, 0.1) is 0 Å². The van der Waals surface area contributed by atoms with Crippen molar-refractivity contribution in [2.24, 2.45) is 0 Å². The maximum atomic E-state index is 12.5. The van der Waals surface area contributed by atoms with Gasteiger partial charge in [-0.2, -0.15) is 0 Å². The van der Waals surface area contributed by atoms with Crippen LogP contribution in [0.1, 0.15) is 418 Å². The highest BCUT2D eigenvalue weighted by molar-refractivity contribution is 5.76. The van der Waals surface area contributed by atoms with Crippen molar-refractivity contribution in [3.05, 3.63) is 24.3 Å². The van der Waals surface area contributed by atoms with Gasteiger partial charge in [-0.05, 0) is 57.8 Å². The topological polar surface area (TPSA) is 95.9 Å². The molecule has 6 nitrogen and oxygen atoms in total. The molecule has 2 unspecified atom stereocenters. The fourth-order valence-electron chi connectivity index (χ4n) is 11.8. The van der Waals surface area contributed by atoms with Crippen LogP contribution in [0.25, 0.3) is 0 Å². The van der Waals surface area contributed by atoms with E-state index in [1.54, 1.807) is 6.08 Å². The zero-order valence-corrected chi connectivity index (χ0v) is 55.0. The Morgan fingerprint density at radius 1 is 0.333 bits per heavy atom.